The first-order valence-corrected chi connectivity index (χ1v) is 6.39. The van der Waals surface area contributed by atoms with Crippen LogP contribution in [-0.4, -0.2) is 25.2 Å². The van der Waals surface area contributed by atoms with Crippen LogP contribution >= 0.6 is 0 Å². The maximum absolute atomic E-state index is 11.1. The summed E-state index contributed by atoms with van der Waals surface area (Å²) in [5, 5.41) is 6.18. The molecule has 0 radical (unpaired) electrons. The summed E-state index contributed by atoms with van der Waals surface area (Å²) in [4.78, 5) is 11.1. The molecule has 0 aliphatic carbocycles. The zero-order valence-electron chi connectivity index (χ0n) is 11.0. The molecule has 2 rings (SSSR count). The first kappa shape index (κ1) is 12.9. The highest BCUT2D eigenvalue weighted by Crippen LogP contribution is 2.21. The van der Waals surface area contributed by atoms with E-state index in [0.717, 1.165) is 42.9 Å². The van der Waals surface area contributed by atoms with Gasteiger partial charge in [0.15, 0.2) is 0 Å². The number of ether oxygens (including phenoxy) is 1. The Morgan fingerprint density at radius 3 is 3.00 bits per heavy atom. The number of anilines is 2. The predicted molar refractivity (Wildman–Crippen MR) is 72.9 cm³/mol. The highest BCUT2D eigenvalue weighted by molar-refractivity contribution is 5.90. The van der Waals surface area contributed by atoms with Crippen LogP contribution in [0.15, 0.2) is 18.2 Å². The van der Waals surface area contributed by atoms with Gasteiger partial charge in [0.05, 0.1) is 6.10 Å². The number of carbonyl (C=O) groups is 1. The first-order chi connectivity index (χ1) is 8.65. The van der Waals surface area contributed by atoms with Crippen molar-refractivity contribution < 1.29 is 9.53 Å². The Kier molecular flexibility index (Phi) is 4.20. The van der Waals surface area contributed by atoms with Crippen LogP contribution in [0.3, 0.4) is 0 Å². The van der Waals surface area contributed by atoms with E-state index in [1.165, 1.54) is 6.92 Å². The van der Waals surface area contributed by atoms with Gasteiger partial charge in [-0.1, -0.05) is 6.07 Å². The lowest BCUT2D eigenvalue weighted by atomic mass is 10.1. The van der Waals surface area contributed by atoms with Crippen LogP contribution in [0.5, 0.6) is 0 Å². The smallest absolute Gasteiger partial charge is 0.221 e. The van der Waals surface area contributed by atoms with Gasteiger partial charge >= 0.3 is 0 Å². The first-order valence-electron chi connectivity index (χ1n) is 6.39. The largest absolute Gasteiger partial charge is 0.382 e. The third kappa shape index (κ3) is 3.47. The number of nitrogens with one attached hydrogen (secondary N) is 2. The lowest BCUT2D eigenvalue weighted by Crippen LogP contribution is -2.18. The van der Waals surface area contributed by atoms with E-state index in [2.05, 4.69) is 10.6 Å². The summed E-state index contributed by atoms with van der Waals surface area (Å²) < 4.78 is 5.56. The molecule has 1 heterocycles. The van der Waals surface area contributed by atoms with Crippen molar-refractivity contribution in [3.63, 3.8) is 0 Å². The summed E-state index contributed by atoms with van der Waals surface area (Å²) >= 11 is 0. The van der Waals surface area contributed by atoms with Crippen LogP contribution in [0.4, 0.5) is 11.4 Å². The zero-order chi connectivity index (χ0) is 13.0. The molecule has 1 unspecified atom stereocenters. The Morgan fingerprint density at radius 1 is 1.50 bits per heavy atom. The lowest BCUT2D eigenvalue weighted by Gasteiger charge is -2.14. The molecule has 1 aliphatic rings. The van der Waals surface area contributed by atoms with Gasteiger partial charge in [0, 0.05) is 31.5 Å². The molecule has 1 saturated heterocycles. The maximum Gasteiger partial charge on any atom is 0.221 e. The summed E-state index contributed by atoms with van der Waals surface area (Å²) in [5.74, 6) is -0.0469. The molecule has 18 heavy (non-hydrogen) atoms. The molecule has 0 aromatic heterocycles. The summed E-state index contributed by atoms with van der Waals surface area (Å²) in [7, 11) is 0. The minimum absolute atomic E-state index is 0.0469. The summed E-state index contributed by atoms with van der Waals surface area (Å²) in [5.41, 5.74) is 2.94. The molecule has 0 bridgehead atoms. The van der Waals surface area contributed by atoms with E-state index in [4.69, 9.17) is 4.74 Å². The molecule has 1 aromatic rings. The van der Waals surface area contributed by atoms with Gasteiger partial charge in [-0.3, -0.25) is 4.79 Å². The SMILES string of the molecule is CC(=O)Nc1cc(NCC2CCCO2)ccc1C. The topological polar surface area (TPSA) is 50.4 Å². The number of hydrogen-bond acceptors (Lipinski definition) is 3. The fraction of sp³-hybridized carbons (Fsp3) is 0.500. The Labute approximate surface area is 108 Å². The standard InChI is InChI=1S/C14H20N2O2/c1-10-5-6-12(8-14(10)16-11(2)17)15-9-13-4-3-7-18-13/h5-6,8,13,15H,3-4,7,9H2,1-2H3,(H,16,17). The van der Waals surface area contributed by atoms with Crippen LogP contribution in [0, 0.1) is 6.92 Å². The highest BCUT2D eigenvalue weighted by Gasteiger charge is 2.14. The van der Waals surface area contributed by atoms with Crippen LogP contribution in [-0.2, 0) is 9.53 Å². The molecule has 1 amide bonds. The van der Waals surface area contributed by atoms with Gasteiger partial charge in [-0.15, -0.1) is 0 Å². The quantitative estimate of drug-likeness (QED) is 0.861. The van der Waals surface area contributed by atoms with E-state index >= 15 is 0 Å². The van der Waals surface area contributed by atoms with Crippen molar-refractivity contribution >= 4 is 17.3 Å². The molecule has 98 valence electrons. The van der Waals surface area contributed by atoms with Crippen LogP contribution < -0.4 is 10.6 Å². The number of rotatable bonds is 4. The van der Waals surface area contributed by atoms with Crippen LogP contribution in [0.1, 0.15) is 25.3 Å². The lowest BCUT2D eigenvalue weighted by molar-refractivity contribution is -0.114. The monoisotopic (exact) mass is 248 g/mol. The van der Waals surface area contributed by atoms with Gasteiger partial charge in [0.1, 0.15) is 0 Å². The van der Waals surface area contributed by atoms with E-state index in [-0.39, 0.29) is 5.91 Å². The average Bonchev–Trinajstić information content (AvgIpc) is 2.82. The second-order valence-electron chi connectivity index (χ2n) is 4.73. The van der Waals surface area contributed by atoms with E-state index in [1.807, 2.05) is 25.1 Å². The van der Waals surface area contributed by atoms with E-state index < -0.39 is 0 Å². The number of hydrogen-bond donors (Lipinski definition) is 2. The number of carbonyl (C=O) groups excluding carboxylic acids is 1. The minimum Gasteiger partial charge on any atom is -0.382 e. The van der Waals surface area contributed by atoms with Gasteiger partial charge in [0.2, 0.25) is 5.91 Å². The molecule has 2 N–H and O–H groups in total. The normalized spacial score (nSPS) is 18.7. The number of benzene rings is 1. The molecule has 1 fully saturated rings. The number of aryl methyl sites for hydroxylation is 1. The molecule has 0 saturated carbocycles. The highest BCUT2D eigenvalue weighted by atomic mass is 16.5. The molecular formula is C14H20N2O2. The third-order valence-electron chi connectivity index (χ3n) is 3.11. The van der Waals surface area contributed by atoms with Crippen molar-refractivity contribution in [2.75, 3.05) is 23.8 Å². The fourth-order valence-electron chi connectivity index (χ4n) is 2.09. The Balaban J connectivity index is 1.97. The zero-order valence-corrected chi connectivity index (χ0v) is 11.0. The summed E-state index contributed by atoms with van der Waals surface area (Å²) in [6.07, 6.45) is 2.59. The molecule has 1 atom stereocenters. The molecular weight excluding hydrogens is 228 g/mol. The van der Waals surface area contributed by atoms with Gasteiger partial charge in [0.25, 0.3) is 0 Å². The van der Waals surface area contributed by atoms with Crippen molar-refractivity contribution in [1.82, 2.24) is 0 Å². The second-order valence-corrected chi connectivity index (χ2v) is 4.73. The van der Waals surface area contributed by atoms with Gasteiger partial charge in [-0.05, 0) is 37.5 Å². The molecule has 1 aromatic carbocycles. The Morgan fingerprint density at radius 2 is 2.33 bits per heavy atom. The molecule has 4 heteroatoms. The van der Waals surface area contributed by atoms with E-state index in [0.29, 0.717) is 6.10 Å². The Bertz CT molecular complexity index is 426. The number of amides is 1. The van der Waals surface area contributed by atoms with E-state index in [1.54, 1.807) is 0 Å². The van der Waals surface area contributed by atoms with E-state index in [9.17, 15) is 4.79 Å². The third-order valence-corrected chi connectivity index (χ3v) is 3.11. The summed E-state index contributed by atoms with van der Waals surface area (Å²) in [6, 6.07) is 5.99. The molecule has 1 aliphatic heterocycles. The van der Waals surface area contributed by atoms with Crippen molar-refractivity contribution in [3.05, 3.63) is 23.8 Å². The molecule has 4 nitrogen and oxygen atoms in total. The minimum atomic E-state index is -0.0469. The molecule has 0 spiro atoms. The Hall–Kier alpha value is -1.55. The van der Waals surface area contributed by atoms with Crippen molar-refractivity contribution in [2.24, 2.45) is 0 Å². The van der Waals surface area contributed by atoms with Gasteiger partial charge < -0.3 is 15.4 Å². The summed E-state index contributed by atoms with van der Waals surface area (Å²) in [6.45, 7) is 5.20. The average molecular weight is 248 g/mol. The van der Waals surface area contributed by atoms with Crippen molar-refractivity contribution in [3.8, 4) is 0 Å². The van der Waals surface area contributed by atoms with Crippen molar-refractivity contribution in [1.29, 1.82) is 0 Å². The van der Waals surface area contributed by atoms with Crippen LogP contribution in [0.2, 0.25) is 0 Å². The van der Waals surface area contributed by atoms with Crippen molar-refractivity contribution in [2.45, 2.75) is 32.8 Å². The maximum atomic E-state index is 11.1. The second kappa shape index (κ2) is 5.87. The fourth-order valence-corrected chi connectivity index (χ4v) is 2.09. The van der Waals surface area contributed by atoms with Gasteiger partial charge in [-0.25, -0.2) is 0 Å². The predicted octanol–water partition coefficient (Wildman–Crippen LogP) is 2.54. The van der Waals surface area contributed by atoms with Gasteiger partial charge in [-0.2, -0.15) is 0 Å². The van der Waals surface area contributed by atoms with Crippen LogP contribution in [0.25, 0.3) is 0 Å².